The van der Waals surface area contributed by atoms with E-state index in [0.717, 1.165) is 0 Å². The van der Waals surface area contributed by atoms with Crippen LogP contribution in [0.2, 0.25) is 0 Å². The van der Waals surface area contributed by atoms with Gasteiger partial charge in [0, 0.05) is 71.9 Å². The van der Waals surface area contributed by atoms with Gasteiger partial charge in [-0.25, -0.2) is 15.2 Å². The summed E-state index contributed by atoms with van der Waals surface area (Å²) in [5.41, 5.74) is -1.05. The molecule has 1 aromatic rings. The number of hydroxylamine groups is 6. The molecule has 0 heterocycles. The summed E-state index contributed by atoms with van der Waals surface area (Å²) in [6, 6.07) is 0. The molecular formula is C31H52N6O11. The van der Waals surface area contributed by atoms with E-state index in [9.17, 15) is 49.2 Å². The van der Waals surface area contributed by atoms with Crippen molar-refractivity contribution >= 4 is 35.2 Å². The van der Waals surface area contributed by atoms with E-state index in [-0.39, 0.29) is 75.2 Å². The molecule has 5 amide bonds. The van der Waals surface area contributed by atoms with E-state index < -0.39 is 28.6 Å². The molecule has 0 aliphatic heterocycles. The zero-order chi connectivity index (χ0) is 35.9. The Morgan fingerprint density at radius 2 is 1.04 bits per heavy atom. The van der Waals surface area contributed by atoms with Gasteiger partial charge in [0.2, 0.25) is 29.5 Å². The second kappa shape index (κ2) is 24.1. The van der Waals surface area contributed by atoms with Gasteiger partial charge in [-0.2, -0.15) is 0 Å². The molecular weight excluding hydrogens is 632 g/mol. The number of rotatable bonds is 27. The number of ether oxygens (including phenoxy) is 1. The molecule has 17 nitrogen and oxygen atoms in total. The van der Waals surface area contributed by atoms with Gasteiger partial charge in [0.15, 0.2) is 5.75 Å². The number of hydrogen-bond donors (Lipinski definition) is 6. The zero-order valence-corrected chi connectivity index (χ0v) is 28.1. The number of amides is 5. The zero-order valence-electron chi connectivity index (χ0n) is 28.1. The number of anilines is 1. The van der Waals surface area contributed by atoms with Crippen LogP contribution in [0.25, 0.3) is 0 Å². The van der Waals surface area contributed by atoms with Crippen LogP contribution in [-0.4, -0.2) is 106 Å². The third kappa shape index (κ3) is 17.2. The average molecular weight is 685 g/mol. The highest BCUT2D eigenvalue weighted by Crippen LogP contribution is 2.17. The standard InChI is InChI=1S/C31H52N6O11/c1-3-48-31-28(29(43)30(31)44)34-19-9-6-12-22-37(47)27(42)16-14-25(40)33-18-8-5-11-21-36(46)26(41)15-13-24(39)32-17-7-4-10-20-35(45)23(2)38/h34,45-47H,3-22H2,1-2H3,(H,32,39)(H,33,40). The highest BCUT2D eigenvalue weighted by atomic mass is 16.5. The van der Waals surface area contributed by atoms with Crippen LogP contribution in [0.1, 0.15) is 97.3 Å². The number of nitrogens with zero attached hydrogens (tertiary/aromatic N) is 3. The van der Waals surface area contributed by atoms with Crippen LogP contribution >= 0.6 is 0 Å². The van der Waals surface area contributed by atoms with E-state index in [4.69, 9.17) is 4.74 Å². The van der Waals surface area contributed by atoms with E-state index in [2.05, 4.69) is 16.0 Å². The van der Waals surface area contributed by atoms with Gasteiger partial charge in [0.05, 0.1) is 6.61 Å². The molecule has 0 radical (unpaired) electrons. The minimum atomic E-state index is -0.634. The molecule has 6 N–H and O–H groups in total. The summed E-state index contributed by atoms with van der Waals surface area (Å²) in [6.45, 7) is 4.86. The number of hydrogen-bond acceptors (Lipinski definition) is 12. The predicted octanol–water partition coefficient (Wildman–Crippen LogP) is 1.07. The fraction of sp³-hybridized carbons (Fsp3) is 0.710. The number of carbonyl (C=O) groups excluding carboxylic acids is 5. The van der Waals surface area contributed by atoms with Gasteiger partial charge in [-0.15, -0.1) is 0 Å². The van der Waals surface area contributed by atoms with Crippen LogP contribution in [0.5, 0.6) is 5.75 Å². The van der Waals surface area contributed by atoms with Crippen molar-refractivity contribution in [1.29, 1.82) is 0 Å². The van der Waals surface area contributed by atoms with Gasteiger partial charge in [0.25, 0.3) is 10.9 Å². The molecule has 0 aliphatic carbocycles. The molecule has 0 saturated heterocycles. The lowest BCUT2D eigenvalue weighted by molar-refractivity contribution is -0.166. The van der Waals surface area contributed by atoms with E-state index in [1.54, 1.807) is 6.92 Å². The first kappa shape index (κ1) is 41.9. The van der Waals surface area contributed by atoms with E-state index >= 15 is 0 Å². The van der Waals surface area contributed by atoms with Crippen molar-refractivity contribution in [2.24, 2.45) is 0 Å². The van der Waals surface area contributed by atoms with Crippen molar-refractivity contribution in [3.63, 3.8) is 0 Å². The van der Waals surface area contributed by atoms with Crippen molar-refractivity contribution in [1.82, 2.24) is 25.8 Å². The van der Waals surface area contributed by atoms with Crippen molar-refractivity contribution in [3.05, 3.63) is 20.4 Å². The molecule has 272 valence electrons. The minimum absolute atomic E-state index is 0.0581. The summed E-state index contributed by atoms with van der Waals surface area (Å²) in [6.07, 6.45) is 5.00. The molecule has 48 heavy (non-hydrogen) atoms. The van der Waals surface area contributed by atoms with Crippen LogP contribution < -0.4 is 31.5 Å². The normalized spacial score (nSPS) is 10.8. The first-order valence-corrected chi connectivity index (χ1v) is 16.6. The van der Waals surface area contributed by atoms with Gasteiger partial charge < -0.3 is 20.7 Å². The van der Waals surface area contributed by atoms with Crippen molar-refractivity contribution in [3.8, 4) is 5.75 Å². The van der Waals surface area contributed by atoms with Crippen LogP contribution in [0.4, 0.5) is 5.69 Å². The quantitative estimate of drug-likeness (QED) is 0.0331. The van der Waals surface area contributed by atoms with E-state index in [0.29, 0.717) is 92.6 Å². The Morgan fingerprint density at radius 1 is 0.604 bits per heavy atom. The Labute approximate surface area is 280 Å². The fourth-order valence-corrected chi connectivity index (χ4v) is 4.46. The molecule has 17 heteroatoms. The maximum absolute atomic E-state index is 12.1. The predicted molar refractivity (Wildman–Crippen MR) is 173 cm³/mol. The molecule has 0 aromatic heterocycles. The molecule has 1 rings (SSSR count). The Kier molecular flexibility index (Phi) is 21.1. The molecule has 0 unspecified atom stereocenters. The lowest BCUT2D eigenvalue weighted by Crippen LogP contribution is -2.36. The second-order valence-electron chi connectivity index (χ2n) is 11.3. The van der Waals surface area contributed by atoms with Crippen LogP contribution in [0, 0.1) is 0 Å². The minimum Gasteiger partial charge on any atom is -0.488 e. The van der Waals surface area contributed by atoms with Gasteiger partial charge in [-0.1, -0.05) is 0 Å². The lowest BCUT2D eigenvalue weighted by atomic mass is 10.2. The Balaban J connectivity index is 2.02. The molecule has 0 bridgehead atoms. The number of carbonyl (C=O) groups is 5. The van der Waals surface area contributed by atoms with Gasteiger partial charge >= 0.3 is 0 Å². The first-order valence-electron chi connectivity index (χ1n) is 16.6. The van der Waals surface area contributed by atoms with Gasteiger partial charge in [-0.3, -0.25) is 49.2 Å². The third-order valence-corrected chi connectivity index (χ3v) is 7.31. The number of unbranched alkanes of at least 4 members (excludes halogenated alkanes) is 6. The summed E-state index contributed by atoms with van der Waals surface area (Å²) in [7, 11) is 0. The largest absolute Gasteiger partial charge is 0.488 e. The van der Waals surface area contributed by atoms with Crippen molar-refractivity contribution < 1.29 is 44.3 Å². The van der Waals surface area contributed by atoms with Gasteiger partial charge in [0.1, 0.15) is 5.69 Å². The van der Waals surface area contributed by atoms with Crippen LogP contribution in [-0.2, 0) is 24.0 Å². The topological polar surface area (TPSA) is 235 Å². The third-order valence-electron chi connectivity index (χ3n) is 7.31. The maximum Gasteiger partial charge on any atom is 0.272 e. The Hall–Kier alpha value is -4.09. The number of nitrogens with one attached hydrogen (secondary N) is 3. The fourth-order valence-electron chi connectivity index (χ4n) is 4.46. The van der Waals surface area contributed by atoms with Crippen LogP contribution in [0.3, 0.4) is 0 Å². The van der Waals surface area contributed by atoms with Gasteiger partial charge in [-0.05, 0) is 64.7 Å². The van der Waals surface area contributed by atoms with Crippen LogP contribution in [0.15, 0.2) is 9.59 Å². The summed E-state index contributed by atoms with van der Waals surface area (Å²) < 4.78 is 5.14. The molecule has 0 aliphatic rings. The molecule has 0 spiro atoms. The average Bonchev–Trinajstić information content (AvgIpc) is 3.07. The summed E-state index contributed by atoms with van der Waals surface area (Å²) in [5.74, 6) is -2.16. The van der Waals surface area contributed by atoms with E-state index in [1.165, 1.54) is 6.92 Å². The summed E-state index contributed by atoms with van der Waals surface area (Å²) in [4.78, 5) is 82.0. The molecule has 0 fully saturated rings. The van der Waals surface area contributed by atoms with E-state index in [1.807, 2.05) is 0 Å². The lowest BCUT2D eigenvalue weighted by Gasteiger charge is -2.15. The second-order valence-corrected chi connectivity index (χ2v) is 11.3. The SMILES string of the molecule is CCOc1c(NCCCCCN(O)C(=O)CCC(=O)NCCCCCN(O)C(=O)CCC(=O)NCCCCCN(O)C(C)=O)c(=O)c1=O. The van der Waals surface area contributed by atoms with Crippen molar-refractivity contribution in [2.75, 3.05) is 51.2 Å². The smallest absolute Gasteiger partial charge is 0.272 e. The highest BCUT2D eigenvalue weighted by molar-refractivity contribution is 5.83. The molecule has 0 atom stereocenters. The molecule has 1 aromatic carbocycles. The maximum atomic E-state index is 12.1. The Bertz CT molecular complexity index is 1230. The summed E-state index contributed by atoms with van der Waals surface area (Å²) >= 11 is 0. The monoisotopic (exact) mass is 684 g/mol. The molecule has 0 saturated carbocycles. The Morgan fingerprint density at radius 3 is 1.48 bits per heavy atom. The highest BCUT2D eigenvalue weighted by Gasteiger charge is 2.21. The summed E-state index contributed by atoms with van der Waals surface area (Å²) in [5, 5.41) is 39.2. The van der Waals surface area contributed by atoms with Crippen molar-refractivity contribution in [2.45, 2.75) is 97.3 Å². The first-order chi connectivity index (χ1) is 22.9.